The van der Waals surface area contributed by atoms with E-state index in [-0.39, 0.29) is 24.5 Å². The molecule has 1 N–H and O–H groups in total. The molecule has 0 aromatic heterocycles. The average Bonchev–Trinajstić information content (AvgIpc) is 2.72. The molecule has 0 radical (unpaired) electrons. The summed E-state index contributed by atoms with van der Waals surface area (Å²) in [6.45, 7) is 0.484. The molecule has 27 heavy (non-hydrogen) atoms. The molecule has 1 saturated heterocycles. The monoisotopic (exact) mass is 378 g/mol. The number of hydrogen-bond acceptors (Lipinski definition) is 7. The third-order valence-electron chi connectivity index (χ3n) is 4.72. The molecule has 3 atom stereocenters. The quantitative estimate of drug-likeness (QED) is 0.590. The molecule has 0 bridgehead atoms. The number of rotatable bonds is 6. The summed E-state index contributed by atoms with van der Waals surface area (Å²) in [6.07, 6.45) is 0.465. The van der Waals surface area contributed by atoms with Crippen LogP contribution in [-0.2, 0) is 30.4 Å². The van der Waals surface area contributed by atoms with Gasteiger partial charge in [-0.05, 0) is 18.4 Å². The molecule has 0 aliphatic carbocycles. The number of benzene rings is 1. The van der Waals surface area contributed by atoms with Gasteiger partial charge < -0.3 is 19.5 Å². The van der Waals surface area contributed by atoms with E-state index in [1.165, 1.54) is 26.2 Å². The van der Waals surface area contributed by atoms with Crippen LogP contribution < -0.4 is 5.32 Å². The zero-order valence-electron chi connectivity index (χ0n) is 15.8. The maximum absolute atomic E-state index is 12.4. The Morgan fingerprint density at radius 3 is 2.41 bits per heavy atom. The lowest BCUT2D eigenvalue weighted by molar-refractivity contribution is -0.148. The molecule has 3 unspecified atom stereocenters. The summed E-state index contributed by atoms with van der Waals surface area (Å²) in [4.78, 5) is 37.6. The van der Waals surface area contributed by atoms with Gasteiger partial charge in [0.2, 0.25) is 0 Å². The molecular formula is C19H26N2O6. The number of esters is 2. The molecule has 1 aromatic carbocycles. The second kappa shape index (κ2) is 9.91. The van der Waals surface area contributed by atoms with Crippen LogP contribution in [0, 0.1) is 5.92 Å². The summed E-state index contributed by atoms with van der Waals surface area (Å²) in [6, 6.07) is 8.09. The van der Waals surface area contributed by atoms with E-state index in [0.29, 0.717) is 19.4 Å². The Bertz CT molecular complexity index is 643. The molecule has 1 aliphatic rings. The standard InChI is InChI=1S/C19H26N2O6/c1-21(19(24)27-12-13-7-5-4-6-8-13)16(18(23)26-3)15-10-9-14(11-20-15)17(22)25-2/h4-8,14-16,20H,9-12H2,1-3H3. The number of methoxy groups -OCH3 is 2. The van der Waals surface area contributed by atoms with Crippen molar-refractivity contribution in [1.82, 2.24) is 10.2 Å². The highest BCUT2D eigenvalue weighted by Gasteiger charge is 2.39. The number of likely N-dealkylation sites (N-methyl/N-ethyl adjacent to an activating group) is 1. The summed E-state index contributed by atoms with van der Waals surface area (Å²) in [5.41, 5.74) is 0.852. The lowest BCUT2D eigenvalue weighted by Crippen LogP contribution is -2.58. The number of ether oxygens (including phenoxy) is 3. The van der Waals surface area contributed by atoms with Crippen molar-refractivity contribution in [3.63, 3.8) is 0 Å². The first-order valence-corrected chi connectivity index (χ1v) is 8.80. The van der Waals surface area contributed by atoms with Gasteiger partial charge in [0.25, 0.3) is 0 Å². The van der Waals surface area contributed by atoms with Crippen LogP contribution in [0.1, 0.15) is 18.4 Å². The van der Waals surface area contributed by atoms with E-state index in [9.17, 15) is 14.4 Å². The van der Waals surface area contributed by atoms with Crippen molar-refractivity contribution in [3.05, 3.63) is 35.9 Å². The second-order valence-electron chi connectivity index (χ2n) is 6.43. The zero-order valence-corrected chi connectivity index (χ0v) is 15.8. The SMILES string of the molecule is COC(=O)C1CCC(C(C(=O)OC)N(C)C(=O)OCc2ccccc2)NC1. The van der Waals surface area contributed by atoms with Crippen LogP contribution in [0.2, 0.25) is 0 Å². The number of hydrogen-bond donors (Lipinski definition) is 1. The summed E-state index contributed by atoms with van der Waals surface area (Å²) in [5, 5.41) is 3.16. The van der Waals surface area contributed by atoms with Crippen LogP contribution in [0.5, 0.6) is 0 Å². The van der Waals surface area contributed by atoms with Gasteiger partial charge in [0, 0.05) is 19.6 Å². The summed E-state index contributed by atoms with van der Waals surface area (Å²) in [7, 11) is 4.13. The fraction of sp³-hybridized carbons (Fsp3) is 0.526. The van der Waals surface area contributed by atoms with E-state index in [1.54, 1.807) is 0 Å². The minimum atomic E-state index is -0.850. The Balaban J connectivity index is 1.99. The maximum atomic E-state index is 12.4. The Labute approximate surface area is 158 Å². The van der Waals surface area contributed by atoms with Gasteiger partial charge in [0.15, 0.2) is 0 Å². The number of amides is 1. The van der Waals surface area contributed by atoms with Crippen LogP contribution in [-0.4, -0.2) is 62.8 Å². The van der Waals surface area contributed by atoms with Crippen LogP contribution in [0.25, 0.3) is 0 Å². The van der Waals surface area contributed by atoms with Gasteiger partial charge in [-0.2, -0.15) is 0 Å². The highest BCUT2D eigenvalue weighted by Crippen LogP contribution is 2.21. The normalized spacial score (nSPS) is 20.3. The molecule has 0 saturated carbocycles. The van der Waals surface area contributed by atoms with Crippen LogP contribution in [0.15, 0.2) is 30.3 Å². The van der Waals surface area contributed by atoms with Crippen molar-refractivity contribution >= 4 is 18.0 Å². The molecule has 1 fully saturated rings. The molecule has 2 rings (SSSR count). The topological polar surface area (TPSA) is 94.2 Å². The first kappa shape index (κ1) is 20.7. The fourth-order valence-electron chi connectivity index (χ4n) is 3.16. The molecule has 1 aromatic rings. The van der Waals surface area contributed by atoms with Crippen molar-refractivity contribution in [2.24, 2.45) is 5.92 Å². The third-order valence-corrected chi connectivity index (χ3v) is 4.72. The highest BCUT2D eigenvalue weighted by molar-refractivity contribution is 5.82. The lowest BCUT2D eigenvalue weighted by Gasteiger charge is -2.36. The molecule has 1 heterocycles. The van der Waals surface area contributed by atoms with Gasteiger partial charge in [0.05, 0.1) is 20.1 Å². The molecule has 1 aliphatic heterocycles. The molecule has 8 nitrogen and oxygen atoms in total. The Kier molecular flexibility index (Phi) is 7.60. The van der Waals surface area contributed by atoms with E-state index in [1.807, 2.05) is 30.3 Å². The molecule has 148 valence electrons. The maximum Gasteiger partial charge on any atom is 0.410 e. The van der Waals surface area contributed by atoms with Gasteiger partial charge in [-0.1, -0.05) is 30.3 Å². The lowest BCUT2D eigenvalue weighted by atomic mass is 9.90. The predicted octanol–water partition coefficient (Wildman–Crippen LogP) is 1.34. The number of piperidine rings is 1. The van der Waals surface area contributed by atoms with Crippen molar-refractivity contribution in [2.75, 3.05) is 27.8 Å². The first-order chi connectivity index (χ1) is 13.0. The molecule has 8 heteroatoms. The highest BCUT2D eigenvalue weighted by atomic mass is 16.6. The van der Waals surface area contributed by atoms with E-state index in [2.05, 4.69) is 5.32 Å². The Morgan fingerprint density at radius 2 is 1.85 bits per heavy atom. The fourth-order valence-corrected chi connectivity index (χ4v) is 3.16. The smallest absolute Gasteiger partial charge is 0.410 e. The molecular weight excluding hydrogens is 352 g/mol. The minimum Gasteiger partial charge on any atom is -0.469 e. The van der Waals surface area contributed by atoms with Gasteiger partial charge >= 0.3 is 18.0 Å². The second-order valence-corrected chi connectivity index (χ2v) is 6.43. The van der Waals surface area contributed by atoms with Crippen LogP contribution >= 0.6 is 0 Å². The van der Waals surface area contributed by atoms with Crippen molar-refractivity contribution in [1.29, 1.82) is 0 Å². The summed E-state index contributed by atoms with van der Waals surface area (Å²) in [5.74, 6) is -1.09. The minimum absolute atomic E-state index is 0.112. The molecule has 1 amide bonds. The summed E-state index contributed by atoms with van der Waals surface area (Å²) >= 11 is 0. The van der Waals surface area contributed by atoms with Crippen LogP contribution in [0.4, 0.5) is 4.79 Å². The number of nitrogens with one attached hydrogen (secondary N) is 1. The van der Waals surface area contributed by atoms with Gasteiger partial charge in [-0.15, -0.1) is 0 Å². The van der Waals surface area contributed by atoms with E-state index in [4.69, 9.17) is 14.2 Å². The number of carbonyl (C=O) groups is 3. The first-order valence-electron chi connectivity index (χ1n) is 8.80. The average molecular weight is 378 g/mol. The van der Waals surface area contributed by atoms with E-state index in [0.717, 1.165) is 5.56 Å². The molecule has 0 spiro atoms. The number of nitrogens with zero attached hydrogens (tertiary/aromatic N) is 1. The third kappa shape index (κ3) is 5.43. The predicted molar refractivity (Wildman–Crippen MR) is 96.7 cm³/mol. The van der Waals surface area contributed by atoms with E-state index < -0.39 is 18.1 Å². The summed E-state index contributed by atoms with van der Waals surface area (Å²) < 4.78 is 14.9. The van der Waals surface area contributed by atoms with Crippen LogP contribution in [0.3, 0.4) is 0 Å². The Hall–Kier alpha value is -2.61. The van der Waals surface area contributed by atoms with E-state index >= 15 is 0 Å². The largest absolute Gasteiger partial charge is 0.469 e. The van der Waals surface area contributed by atoms with Gasteiger partial charge in [-0.25, -0.2) is 9.59 Å². The Morgan fingerprint density at radius 1 is 1.15 bits per heavy atom. The van der Waals surface area contributed by atoms with Crippen molar-refractivity contribution < 1.29 is 28.6 Å². The van der Waals surface area contributed by atoms with Gasteiger partial charge in [-0.3, -0.25) is 9.69 Å². The van der Waals surface area contributed by atoms with Crippen molar-refractivity contribution in [3.8, 4) is 0 Å². The zero-order chi connectivity index (χ0) is 19.8. The van der Waals surface area contributed by atoms with Crippen molar-refractivity contribution in [2.45, 2.75) is 31.5 Å². The van der Waals surface area contributed by atoms with Gasteiger partial charge in [0.1, 0.15) is 12.6 Å². The number of carbonyl (C=O) groups excluding carboxylic acids is 3.